The number of anilines is 2. The molecular weight excluding hydrogens is 371 g/mol. The second-order valence-corrected chi connectivity index (χ2v) is 6.46. The van der Waals surface area contributed by atoms with E-state index in [0.29, 0.717) is 5.16 Å². The Kier molecular flexibility index (Phi) is 4.78. The van der Waals surface area contributed by atoms with Crippen LogP contribution in [0.1, 0.15) is 17.9 Å². The van der Waals surface area contributed by atoms with Crippen molar-refractivity contribution in [3.63, 3.8) is 0 Å². The fourth-order valence-corrected chi connectivity index (χ4v) is 3.03. The smallest absolute Gasteiger partial charge is 0.257 e. The summed E-state index contributed by atoms with van der Waals surface area (Å²) in [6.45, 7) is 0. The van der Waals surface area contributed by atoms with Crippen LogP contribution >= 0.6 is 23.4 Å². The highest BCUT2D eigenvalue weighted by molar-refractivity contribution is 7.98. The van der Waals surface area contributed by atoms with Gasteiger partial charge in [-0.1, -0.05) is 23.4 Å². The Morgan fingerprint density at radius 2 is 2.20 bits per heavy atom. The normalized spacial score (nSPS) is 16.1. The maximum atomic E-state index is 13.2. The van der Waals surface area contributed by atoms with Crippen LogP contribution in [0.5, 0.6) is 0 Å². The molecule has 130 valence electrons. The summed E-state index contributed by atoms with van der Waals surface area (Å²) in [5.74, 6) is -2.56. The van der Waals surface area contributed by atoms with Gasteiger partial charge in [0.05, 0.1) is 16.5 Å². The molecule has 1 aliphatic heterocycles. The van der Waals surface area contributed by atoms with Crippen LogP contribution in [-0.4, -0.2) is 28.0 Å². The van der Waals surface area contributed by atoms with Crippen LogP contribution in [0.3, 0.4) is 0 Å². The number of benzene rings is 1. The molecule has 1 aromatic carbocycles. The van der Waals surface area contributed by atoms with Gasteiger partial charge in [0.25, 0.3) is 5.56 Å². The fraction of sp³-hybridized carbons (Fsp3) is 0.200. The molecule has 2 heterocycles. The number of fused-ring (bicyclic) bond motifs is 1. The maximum absolute atomic E-state index is 13.2. The molecule has 0 saturated heterocycles. The number of hydrogen-bond acceptors (Lipinski definition) is 5. The first-order chi connectivity index (χ1) is 11.9. The molecule has 0 saturated carbocycles. The van der Waals surface area contributed by atoms with Crippen LogP contribution in [-0.2, 0) is 9.59 Å². The molecule has 1 aromatic heterocycles. The van der Waals surface area contributed by atoms with E-state index in [1.807, 2.05) is 0 Å². The lowest BCUT2D eigenvalue weighted by Crippen LogP contribution is -2.36. The molecule has 0 unspecified atom stereocenters. The number of carbonyl (C=O) groups is 2. The van der Waals surface area contributed by atoms with Crippen LogP contribution in [0.25, 0.3) is 0 Å². The summed E-state index contributed by atoms with van der Waals surface area (Å²) >= 11 is 6.89. The Bertz CT molecular complexity index is 933. The molecule has 25 heavy (non-hydrogen) atoms. The van der Waals surface area contributed by atoms with E-state index in [2.05, 4.69) is 20.6 Å². The minimum atomic E-state index is -1.01. The van der Waals surface area contributed by atoms with Crippen molar-refractivity contribution in [1.29, 1.82) is 0 Å². The highest BCUT2D eigenvalue weighted by Gasteiger charge is 2.34. The molecule has 3 N–H and O–H groups in total. The lowest BCUT2D eigenvalue weighted by molar-refractivity contribution is -0.123. The van der Waals surface area contributed by atoms with Crippen molar-refractivity contribution in [2.45, 2.75) is 17.5 Å². The van der Waals surface area contributed by atoms with Gasteiger partial charge >= 0.3 is 0 Å². The van der Waals surface area contributed by atoms with E-state index >= 15 is 0 Å². The van der Waals surface area contributed by atoms with Gasteiger partial charge in [0.2, 0.25) is 11.8 Å². The van der Waals surface area contributed by atoms with Crippen molar-refractivity contribution in [3.05, 3.63) is 45.0 Å². The van der Waals surface area contributed by atoms with Crippen molar-refractivity contribution in [3.8, 4) is 0 Å². The van der Waals surface area contributed by atoms with Crippen LogP contribution in [0.15, 0.2) is 28.2 Å². The molecule has 3 rings (SSSR count). The van der Waals surface area contributed by atoms with E-state index < -0.39 is 29.1 Å². The van der Waals surface area contributed by atoms with E-state index in [1.165, 1.54) is 23.9 Å². The van der Waals surface area contributed by atoms with Gasteiger partial charge in [-0.3, -0.25) is 14.4 Å². The lowest BCUT2D eigenvalue weighted by atomic mass is 9.92. The first-order valence-electron chi connectivity index (χ1n) is 7.13. The van der Waals surface area contributed by atoms with Gasteiger partial charge in [0.1, 0.15) is 11.6 Å². The van der Waals surface area contributed by atoms with E-state index in [4.69, 9.17) is 11.6 Å². The molecule has 7 nitrogen and oxygen atoms in total. The Balaban J connectivity index is 1.95. The summed E-state index contributed by atoms with van der Waals surface area (Å²) in [5, 5.41) is 5.23. The van der Waals surface area contributed by atoms with Crippen LogP contribution in [0.4, 0.5) is 15.9 Å². The molecular formula is C15H12ClFN4O3S. The molecule has 0 aliphatic carbocycles. The first kappa shape index (κ1) is 17.4. The molecule has 2 aromatic rings. The van der Waals surface area contributed by atoms with Gasteiger partial charge in [-0.15, -0.1) is 0 Å². The number of thioether (sulfide) groups is 1. The summed E-state index contributed by atoms with van der Waals surface area (Å²) in [6.07, 6.45) is 1.52. The van der Waals surface area contributed by atoms with Gasteiger partial charge < -0.3 is 15.6 Å². The number of nitrogens with zero attached hydrogens (tertiary/aromatic N) is 1. The third-order valence-corrected chi connectivity index (χ3v) is 4.50. The van der Waals surface area contributed by atoms with Crippen molar-refractivity contribution in [1.82, 2.24) is 9.97 Å². The van der Waals surface area contributed by atoms with Crippen LogP contribution < -0.4 is 16.2 Å². The second kappa shape index (κ2) is 6.85. The standard InChI is InChI=1S/C15H12ClFN4O3S/c1-25-15-20-12-11(14(24)21-15)7(5-10(22)19-12)13(23)18-6-2-3-9(17)8(16)4-6/h2-4,7H,5H2,1H3,(H,18,23)(H2,19,20,21,22,24)/t7-/m0/s1. The minimum Gasteiger partial charge on any atom is -0.325 e. The summed E-state index contributed by atoms with van der Waals surface area (Å²) in [7, 11) is 0. The number of H-pyrrole nitrogens is 1. The highest BCUT2D eigenvalue weighted by atomic mass is 35.5. The average Bonchev–Trinajstić information content (AvgIpc) is 2.56. The maximum Gasteiger partial charge on any atom is 0.257 e. The van der Waals surface area contributed by atoms with Gasteiger partial charge in [0.15, 0.2) is 5.16 Å². The Morgan fingerprint density at radius 1 is 1.44 bits per heavy atom. The molecule has 0 spiro atoms. The zero-order chi connectivity index (χ0) is 18.1. The van der Waals surface area contributed by atoms with Crippen molar-refractivity contribution >= 4 is 46.7 Å². The minimum absolute atomic E-state index is 0.0710. The largest absolute Gasteiger partial charge is 0.325 e. The predicted molar refractivity (Wildman–Crippen MR) is 92.7 cm³/mol. The van der Waals surface area contributed by atoms with E-state index in [9.17, 15) is 18.8 Å². The van der Waals surface area contributed by atoms with Crippen molar-refractivity contribution < 1.29 is 14.0 Å². The number of rotatable bonds is 3. The molecule has 2 amide bonds. The predicted octanol–water partition coefficient (Wildman–Crippen LogP) is 2.35. The second-order valence-electron chi connectivity index (χ2n) is 5.26. The third kappa shape index (κ3) is 3.52. The monoisotopic (exact) mass is 382 g/mol. The molecule has 0 fully saturated rings. The van der Waals surface area contributed by atoms with Gasteiger partial charge in [-0.25, -0.2) is 9.37 Å². The fourth-order valence-electron chi connectivity index (χ4n) is 2.47. The summed E-state index contributed by atoms with van der Waals surface area (Å²) in [4.78, 5) is 43.4. The van der Waals surface area contributed by atoms with Gasteiger partial charge in [0, 0.05) is 12.1 Å². The number of nitrogens with one attached hydrogen (secondary N) is 3. The van der Waals surface area contributed by atoms with E-state index in [-0.39, 0.29) is 28.5 Å². The number of hydrogen-bond donors (Lipinski definition) is 3. The molecule has 0 radical (unpaired) electrons. The zero-order valence-corrected chi connectivity index (χ0v) is 14.4. The third-order valence-electron chi connectivity index (χ3n) is 3.63. The number of carbonyl (C=O) groups excluding carboxylic acids is 2. The molecule has 1 aliphatic rings. The topological polar surface area (TPSA) is 104 Å². The van der Waals surface area contributed by atoms with Crippen LogP contribution in [0, 0.1) is 5.82 Å². The number of halogens is 2. The Morgan fingerprint density at radius 3 is 2.88 bits per heavy atom. The summed E-state index contributed by atoms with van der Waals surface area (Å²) in [5.41, 5.74) is -0.149. The van der Waals surface area contributed by atoms with E-state index in [0.717, 1.165) is 6.07 Å². The van der Waals surface area contributed by atoms with Gasteiger partial charge in [-0.05, 0) is 24.5 Å². The Hall–Kier alpha value is -2.39. The summed E-state index contributed by atoms with van der Waals surface area (Å²) < 4.78 is 13.2. The first-order valence-corrected chi connectivity index (χ1v) is 8.73. The molecule has 0 bridgehead atoms. The average molecular weight is 383 g/mol. The van der Waals surface area contributed by atoms with Crippen LogP contribution in [0.2, 0.25) is 5.02 Å². The molecule has 1 atom stereocenters. The van der Waals surface area contributed by atoms with Crippen molar-refractivity contribution in [2.75, 3.05) is 16.9 Å². The quantitative estimate of drug-likeness (QED) is 0.558. The van der Waals surface area contributed by atoms with Crippen molar-refractivity contribution in [2.24, 2.45) is 0 Å². The Labute approximate surface area is 150 Å². The van der Waals surface area contributed by atoms with Gasteiger partial charge in [-0.2, -0.15) is 0 Å². The number of aromatic nitrogens is 2. The number of aromatic amines is 1. The molecule has 10 heteroatoms. The lowest BCUT2D eigenvalue weighted by Gasteiger charge is -2.23. The zero-order valence-electron chi connectivity index (χ0n) is 12.9. The summed E-state index contributed by atoms with van der Waals surface area (Å²) in [6, 6.07) is 3.69. The SMILES string of the molecule is CSc1nc2c(c(=O)[nH]1)[C@@H](C(=O)Nc1ccc(F)c(Cl)c1)CC(=O)N2. The highest BCUT2D eigenvalue weighted by Crippen LogP contribution is 2.30. The number of amides is 2. The van der Waals surface area contributed by atoms with E-state index in [1.54, 1.807) is 6.26 Å².